The van der Waals surface area contributed by atoms with Crippen LogP contribution in [0.1, 0.15) is 29.9 Å². The van der Waals surface area contributed by atoms with Gasteiger partial charge in [0.1, 0.15) is 5.76 Å². The second-order valence-corrected chi connectivity index (χ2v) is 8.69. The molecule has 1 atom stereocenters. The number of aliphatic imine (C=N–C) groups is 1. The number of hydrogen-bond donors (Lipinski definition) is 2. The molecule has 4 aromatic rings. The summed E-state index contributed by atoms with van der Waals surface area (Å²) >= 11 is 0. The molecule has 0 spiro atoms. The summed E-state index contributed by atoms with van der Waals surface area (Å²) in [6.07, 6.45) is 1.16. The van der Waals surface area contributed by atoms with E-state index in [1.54, 1.807) is 6.07 Å². The average molecular weight is 447 g/mol. The molecule has 3 N–H and O–H groups in total. The third kappa shape index (κ3) is 4.35. The minimum Gasteiger partial charge on any atom is -0.511 e. The Labute approximate surface area is 199 Å². The van der Waals surface area contributed by atoms with Crippen LogP contribution in [0.25, 0.3) is 10.8 Å². The number of nitrogen functional groups attached to an aromatic ring is 1. The van der Waals surface area contributed by atoms with E-state index in [1.165, 1.54) is 0 Å². The summed E-state index contributed by atoms with van der Waals surface area (Å²) in [5.74, 6) is -0.0391. The third-order valence-electron chi connectivity index (χ3n) is 6.43. The Kier molecular flexibility index (Phi) is 5.96. The number of anilines is 1. The molecule has 4 aromatic carbocycles. The van der Waals surface area contributed by atoms with Gasteiger partial charge < -0.3 is 10.8 Å². The molecule has 0 aliphatic heterocycles. The molecule has 0 fully saturated rings. The molecular formula is C30H26N2O2. The number of carbonyl (C=O) groups excluding carboxylic acids is 1. The molecule has 4 nitrogen and oxygen atoms in total. The number of aliphatic hydroxyl groups excluding tert-OH is 1. The number of hydrogen-bond acceptors (Lipinski definition) is 4. The Hall–Kier alpha value is -4.18. The number of Topliss-reactive ketones (excluding diaryl/α,β-unsaturated/α-hetero) is 1. The van der Waals surface area contributed by atoms with Gasteiger partial charge in [-0.25, -0.2) is 0 Å². The molecule has 4 heteroatoms. The van der Waals surface area contributed by atoms with Crippen LogP contribution in [-0.4, -0.2) is 16.6 Å². The lowest BCUT2D eigenvalue weighted by atomic mass is 9.80. The molecule has 0 bridgehead atoms. The monoisotopic (exact) mass is 446 g/mol. The summed E-state index contributed by atoms with van der Waals surface area (Å²) in [4.78, 5) is 18.3. The van der Waals surface area contributed by atoms with Crippen LogP contribution < -0.4 is 5.73 Å². The van der Waals surface area contributed by atoms with E-state index >= 15 is 0 Å². The predicted molar refractivity (Wildman–Crippen MR) is 139 cm³/mol. The highest BCUT2D eigenvalue weighted by molar-refractivity contribution is 6.24. The van der Waals surface area contributed by atoms with Crippen molar-refractivity contribution in [2.24, 2.45) is 4.99 Å². The summed E-state index contributed by atoms with van der Waals surface area (Å²) in [7, 11) is 0. The van der Waals surface area contributed by atoms with Gasteiger partial charge in [-0.2, -0.15) is 0 Å². The summed E-state index contributed by atoms with van der Waals surface area (Å²) in [5.41, 5.74) is 10.3. The van der Waals surface area contributed by atoms with Crippen LogP contribution in [0.4, 0.5) is 11.4 Å². The first-order chi connectivity index (χ1) is 16.6. The van der Waals surface area contributed by atoms with Crippen LogP contribution in [0.3, 0.4) is 0 Å². The SMILES string of the molecule is Nc1ccccc1N=C(Cc1cccc2ccccc12)C1=C(O)CC(c2ccccc2)CC1=O. The van der Waals surface area contributed by atoms with Crippen molar-refractivity contribution >= 4 is 33.6 Å². The van der Waals surface area contributed by atoms with E-state index in [9.17, 15) is 9.90 Å². The van der Waals surface area contributed by atoms with E-state index in [4.69, 9.17) is 10.7 Å². The zero-order valence-electron chi connectivity index (χ0n) is 18.8. The number of rotatable bonds is 5. The average Bonchev–Trinajstić information content (AvgIpc) is 2.85. The highest BCUT2D eigenvalue weighted by atomic mass is 16.3. The number of benzene rings is 4. The first-order valence-corrected chi connectivity index (χ1v) is 11.5. The van der Waals surface area contributed by atoms with Crippen LogP contribution >= 0.6 is 0 Å². The summed E-state index contributed by atoms with van der Waals surface area (Å²) in [6, 6.07) is 31.5. The highest BCUT2D eigenvalue weighted by Crippen LogP contribution is 2.35. The molecule has 0 heterocycles. The van der Waals surface area contributed by atoms with Crippen molar-refractivity contribution in [2.45, 2.75) is 25.2 Å². The molecule has 1 aliphatic carbocycles. The van der Waals surface area contributed by atoms with E-state index in [2.05, 4.69) is 18.2 Å². The van der Waals surface area contributed by atoms with Crippen LogP contribution in [0.5, 0.6) is 0 Å². The van der Waals surface area contributed by atoms with Gasteiger partial charge in [-0.3, -0.25) is 9.79 Å². The van der Waals surface area contributed by atoms with E-state index < -0.39 is 0 Å². The number of allylic oxidation sites excluding steroid dienone is 2. The van der Waals surface area contributed by atoms with Crippen molar-refractivity contribution in [3.05, 3.63) is 120 Å². The van der Waals surface area contributed by atoms with Gasteiger partial charge in [-0.1, -0.05) is 84.9 Å². The smallest absolute Gasteiger partial charge is 0.168 e. The molecule has 0 amide bonds. The molecule has 1 unspecified atom stereocenters. The lowest BCUT2D eigenvalue weighted by Crippen LogP contribution is -2.25. The maximum atomic E-state index is 13.4. The van der Waals surface area contributed by atoms with Gasteiger partial charge >= 0.3 is 0 Å². The molecule has 0 saturated carbocycles. The normalized spacial score (nSPS) is 16.8. The first-order valence-electron chi connectivity index (χ1n) is 11.5. The van der Waals surface area contributed by atoms with Crippen molar-refractivity contribution in [2.75, 3.05) is 5.73 Å². The fourth-order valence-electron chi connectivity index (χ4n) is 4.73. The summed E-state index contributed by atoms with van der Waals surface area (Å²) in [6.45, 7) is 0. The van der Waals surface area contributed by atoms with Crippen molar-refractivity contribution in [3.63, 3.8) is 0 Å². The Morgan fingerprint density at radius 2 is 1.56 bits per heavy atom. The number of carbonyl (C=O) groups is 1. The van der Waals surface area contributed by atoms with Crippen LogP contribution in [0.15, 0.2) is 113 Å². The minimum atomic E-state index is -0.0916. The fourth-order valence-corrected chi connectivity index (χ4v) is 4.73. The van der Waals surface area contributed by atoms with Gasteiger partial charge in [-0.15, -0.1) is 0 Å². The molecule has 5 rings (SSSR count). The Bertz CT molecular complexity index is 1410. The Balaban J connectivity index is 1.60. The summed E-state index contributed by atoms with van der Waals surface area (Å²) < 4.78 is 0. The second kappa shape index (κ2) is 9.36. The molecule has 168 valence electrons. The van der Waals surface area contributed by atoms with Crippen molar-refractivity contribution in [1.29, 1.82) is 0 Å². The lowest BCUT2D eigenvalue weighted by molar-refractivity contribution is -0.116. The van der Waals surface area contributed by atoms with Gasteiger partial charge in [0.15, 0.2) is 5.78 Å². The summed E-state index contributed by atoms with van der Waals surface area (Å²) in [5, 5.41) is 13.3. The Morgan fingerprint density at radius 3 is 2.35 bits per heavy atom. The van der Waals surface area contributed by atoms with Gasteiger partial charge in [0.2, 0.25) is 0 Å². The topological polar surface area (TPSA) is 75.7 Å². The number of nitrogens with zero attached hydrogens (tertiary/aromatic N) is 1. The maximum absolute atomic E-state index is 13.4. The minimum absolute atomic E-state index is 0.0435. The lowest BCUT2D eigenvalue weighted by Gasteiger charge is -2.25. The van der Waals surface area contributed by atoms with Crippen LogP contribution in [0, 0.1) is 0 Å². The van der Waals surface area contributed by atoms with Gasteiger partial charge in [-0.05, 0) is 39.9 Å². The van der Waals surface area contributed by atoms with Gasteiger partial charge in [0.05, 0.1) is 22.7 Å². The largest absolute Gasteiger partial charge is 0.511 e. The predicted octanol–water partition coefficient (Wildman–Crippen LogP) is 6.70. The number of para-hydroxylation sites is 2. The van der Waals surface area contributed by atoms with Crippen molar-refractivity contribution in [3.8, 4) is 0 Å². The molecule has 0 aromatic heterocycles. The van der Waals surface area contributed by atoms with Gasteiger partial charge in [0.25, 0.3) is 0 Å². The van der Waals surface area contributed by atoms with Gasteiger partial charge in [0, 0.05) is 19.3 Å². The van der Waals surface area contributed by atoms with E-state index in [-0.39, 0.29) is 17.5 Å². The van der Waals surface area contributed by atoms with E-state index in [0.29, 0.717) is 41.9 Å². The molecule has 0 saturated heterocycles. The van der Waals surface area contributed by atoms with E-state index in [1.807, 2.05) is 72.8 Å². The van der Waals surface area contributed by atoms with Crippen molar-refractivity contribution < 1.29 is 9.90 Å². The number of nitrogens with two attached hydrogens (primary N) is 1. The number of fused-ring (bicyclic) bond motifs is 1. The molecule has 0 radical (unpaired) electrons. The standard InChI is InChI=1S/C30H26N2O2/c31-25-15-6-7-16-26(25)32-27(17-22-13-8-12-21-11-4-5-14-24(21)22)30-28(33)18-23(19-29(30)34)20-9-2-1-3-10-20/h1-16,23,33H,17-19,31H2. The highest BCUT2D eigenvalue weighted by Gasteiger charge is 2.31. The second-order valence-electron chi connectivity index (χ2n) is 8.69. The quantitative estimate of drug-likeness (QED) is 0.265. The molecule has 34 heavy (non-hydrogen) atoms. The zero-order valence-corrected chi connectivity index (χ0v) is 18.8. The van der Waals surface area contributed by atoms with Crippen LogP contribution in [-0.2, 0) is 11.2 Å². The first kappa shape index (κ1) is 21.7. The third-order valence-corrected chi connectivity index (χ3v) is 6.43. The van der Waals surface area contributed by atoms with Crippen molar-refractivity contribution in [1.82, 2.24) is 0 Å². The Morgan fingerprint density at radius 1 is 0.853 bits per heavy atom. The maximum Gasteiger partial charge on any atom is 0.168 e. The fraction of sp³-hybridized carbons (Fsp3) is 0.133. The van der Waals surface area contributed by atoms with Crippen LogP contribution in [0.2, 0.25) is 0 Å². The molecular weight excluding hydrogens is 420 g/mol. The number of ketones is 1. The molecule has 1 aliphatic rings. The number of aliphatic hydroxyl groups is 1. The van der Waals surface area contributed by atoms with E-state index in [0.717, 1.165) is 21.9 Å². The zero-order chi connectivity index (χ0) is 23.5.